The van der Waals surface area contributed by atoms with E-state index in [0.717, 1.165) is 0 Å². The van der Waals surface area contributed by atoms with Crippen molar-refractivity contribution in [2.45, 2.75) is 26.3 Å². The smallest absolute Gasteiger partial charge is 0.275 e. The van der Waals surface area contributed by atoms with Gasteiger partial charge in [0.05, 0.1) is 22.4 Å². The molecule has 3 aromatic rings. The highest BCUT2D eigenvalue weighted by Crippen LogP contribution is 2.31. The number of rotatable bonds is 2. The minimum Gasteiger partial charge on any atom is -0.503 e. The highest BCUT2D eigenvalue weighted by molar-refractivity contribution is 5.84. The Balaban J connectivity index is 2.39. The van der Waals surface area contributed by atoms with Gasteiger partial charge < -0.3 is 5.11 Å². The SMILES string of the molecule is CC(C)(C)n1[nH]c(-c2ccccc2)c(-c2c(O)c(=O)c2=O)c1=O. The molecule has 0 bridgehead atoms. The zero-order chi connectivity index (χ0) is 16.9. The van der Waals surface area contributed by atoms with Gasteiger partial charge in [0.2, 0.25) is 5.43 Å². The third kappa shape index (κ3) is 2.14. The molecule has 6 heteroatoms. The van der Waals surface area contributed by atoms with Gasteiger partial charge in [-0.1, -0.05) is 30.3 Å². The molecule has 2 aromatic carbocycles. The number of nitrogens with one attached hydrogen (secondary N) is 1. The normalized spacial score (nSPS) is 12.0. The first-order valence-electron chi connectivity index (χ1n) is 7.17. The third-order valence-corrected chi connectivity index (χ3v) is 3.76. The molecule has 1 aromatic heterocycles. The van der Waals surface area contributed by atoms with Crippen molar-refractivity contribution in [1.29, 1.82) is 0 Å². The summed E-state index contributed by atoms with van der Waals surface area (Å²) in [5.74, 6) is -0.649. The van der Waals surface area contributed by atoms with E-state index in [1.54, 1.807) is 24.3 Å². The maximum absolute atomic E-state index is 12.8. The zero-order valence-corrected chi connectivity index (χ0v) is 13.0. The van der Waals surface area contributed by atoms with Gasteiger partial charge >= 0.3 is 0 Å². The molecule has 0 aliphatic heterocycles. The van der Waals surface area contributed by atoms with Crippen LogP contribution in [0, 0.1) is 0 Å². The van der Waals surface area contributed by atoms with Crippen LogP contribution in [0.2, 0.25) is 0 Å². The Morgan fingerprint density at radius 1 is 0.957 bits per heavy atom. The average Bonchev–Trinajstić information content (AvgIpc) is 2.85. The van der Waals surface area contributed by atoms with E-state index < -0.39 is 27.7 Å². The Morgan fingerprint density at radius 3 is 2.09 bits per heavy atom. The van der Waals surface area contributed by atoms with Gasteiger partial charge in [-0.05, 0) is 20.8 Å². The van der Waals surface area contributed by atoms with Gasteiger partial charge in [-0.2, -0.15) is 0 Å². The summed E-state index contributed by atoms with van der Waals surface area (Å²) in [6, 6.07) is 8.99. The maximum atomic E-state index is 12.8. The first-order chi connectivity index (χ1) is 10.7. The van der Waals surface area contributed by atoms with Gasteiger partial charge in [0.15, 0.2) is 5.75 Å². The van der Waals surface area contributed by atoms with Crippen molar-refractivity contribution < 1.29 is 5.11 Å². The van der Waals surface area contributed by atoms with Crippen LogP contribution in [0.1, 0.15) is 20.8 Å². The van der Waals surface area contributed by atoms with Crippen LogP contribution in [-0.4, -0.2) is 14.9 Å². The maximum Gasteiger partial charge on any atom is 0.275 e. The molecule has 6 nitrogen and oxygen atoms in total. The molecule has 1 heterocycles. The standard InChI is InChI=1S/C17H16N2O4/c1-17(2,3)19-16(23)10(11-13(20)15(22)14(11)21)12(18-19)9-7-5-4-6-8-9/h4-8,18,20H,1-3H3. The molecule has 0 aliphatic carbocycles. The van der Waals surface area contributed by atoms with E-state index in [2.05, 4.69) is 5.10 Å². The fraction of sp³-hybridized carbons (Fsp3) is 0.235. The molecule has 2 N–H and O–H groups in total. The van der Waals surface area contributed by atoms with E-state index in [0.29, 0.717) is 11.3 Å². The molecule has 0 unspecified atom stereocenters. The van der Waals surface area contributed by atoms with Gasteiger partial charge in [-0.15, -0.1) is 0 Å². The van der Waals surface area contributed by atoms with Crippen molar-refractivity contribution in [3.8, 4) is 28.1 Å². The molecular formula is C17H16N2O4. The van der Waals surface area contributed by atoms with Crippen molar-refractivity contribution >= 4 is 0 Å². The van der Waals surface area contributed by atoms with Gasteiger partial charge in [0.25, 0.3) is 11.0 Å². The number of hydrogen-bond acceptors (Lipinski definition) is 4. The number of benzene rings is 1. The number of aromatic nitrogens is 2. The van der Waals surface area contributed by atoms with E-state index in [-0.39, 0.29) is 11.1 Å². The van der Waals surface area contributed by atoms with Crippen LogP contribution < -0.4 is 16.4 Å². The van der Waals surface area contributed by atoms with Crippen molar-refractivity contribution in [2.75, 3.05) is 0 Å². The fourth-order valence-corrected chi connectivity index (χ4v) is 2.57. The molecule has 0 atom stereocenters. The minimum atomic E-state index is -0.957. The predicted octanol–water partition coefficient (Wildman–Crippen LogP) is 1.57. The summed E-state index contributed by atoms with van der Waals surface area (Å²) in [6.45, 7) is 5.52. The van der Waals surface area contributed by atoms with Gasteiger partial charge in [0.1, 0.15) is 0 Å². The quantitative estimate of drug-likeness (QED) is 0.703. The Bertz CT molecular complexity index is 1010. The van der Waals surface area contributed by atoms with Crippen molar-refractivity contribution in [3.05, 3.63) is 61.1 Å². The lowest BCUT2D eigenvalue weighted by molar-refractivity contribution is 0.346. The van der Waals surface area contributed by atoms with Crippen molar-refractivity contribution in [1.82, 2.24) is 9.78 Å². The molecule has 23 heavy (non-hydrogen) atoms. The summed E-state index contributed by atoms with van der Waals surface area (Å²) < 4.78 is 1.39. The Morgan fingerprint density at radius 2 is 1.57 bits per heavy atom. The van der Waals surface area contributed by atoms with Gasteiger partial charge in [-0.3, -0.25) is 19.5 Å². The summed E-state index contributed by atoms with van der Waals surface area (Å²) in [5, 5.41) is 12.8. The topological polar surface area (TPSA) is 92.2 Å². The van der Waals surface area contributed by atoms with E-state index in [1.807, 2.05) is 26.8 Å². The minimum absolute atomic E-state index is 0.0354. The average molecular weight is 312 g/mol. The van der Waals surface area contributed by atoms with E-state index in [1.165, 1.54) is 4.68 Å². The molecule has 0 saturated carbocycles. The number of aromatic hydroxyl groups is 1. The summed E-state index contributed by atoms with van der Waals surface area (Å²) in [7, 11) is 0. The number of hydrogen-bond donors (Lipinski definition) is 2. The van der Waals surface area contributed by atoms with E-state index >= 15 is 0 Å². The monoisotopic (exact) mass is 312 g/mol. The Labute approximate surface area is 131 Å². The Hall–Kier alpha value is -2.89. The summed E-state index contributed by atoms with van der Waals surface area (Å²) in [6.07, 6.45) is 0. The largest absolute Gasteiger partial charge is 0.503 e. The molecule has 0 saturated heterocycles. The van der Waals surface area contributed by atoms with E-state index in [4.69, 9.17) is 0 Å². The second-order valence-corrected chi connectivity index (χ2v) is 6.42. The first-order valence-corrected chi connectivity index (χ1v) is 7.17. The lowest BCUT2D eigenvalue weighted by Crippen LogP contribution is -2.36. The molecule has 118 valence electrons. The number of aromatic amines is 1. The summed E-state index contributed by atoms with van der Waals surface area (Å²) >= 11 is 0. The Kier molecular flexibility index (Phi) is 3.14. The fourth-order valence-electron chi connectivity index (χ4n) is 2.57. The second-order valence-electron chi connectivity index (χ2n) is 6.42. The molecular weight excluding hydrogens is 296 g/mol. The lowest BCUT2D eigenvalue weighted by Gasteiger charge is -2.19. The van der Waals surface area contributed by atoms with Gasteiger partial charge in [-0.25, -0.2) is 4.68 Å². The molecule has 0 radical (unpaired) electrons. The summed E-state index contributed by atoms with van der Waals surface area (Å²) in [5.41, 5.74) is -1.86. The van der Waals surface area contributed by atoms with Crippen LogP contribution >= 0.6 is 0 Å². The van der Waals surface area contributed by atoms with Crippen LogP contribution in [0.5, 0.6) is 5.75 Å². The highest BCUT2D eigenvalue weighted by atomic mass is 16.3. The third-order valence-electron chi connectivity index (χ3n) is 3.76. The second kappa shape index (κ2) is 4.81. The van der Waals surface area contributed by atoms with Crippen molar-refractivity contribution in [3.63, 3.8) is 0 Å². The van der Waals surface area contributed by atoms with Crippen LogP contribution in [0.25, 0.3) is 22.4 Å². The van der Waals surface area contributed by atoms with Crippen LogP contribution in [0.3, 0.4) is 0 Å². The molecule has 0 fully saturated rings. The number of H-pyrrole nitrogens is 1. The van der Waals surface area contributed by atoms with Crippen LogP contribution in [0.4, 0.5) is 0 Å². The summed E-state index contributed by atoms with van der Waals surface area (Å²) in [4.78, 5) is 35.9. The van der Waals surface area contributed by atoms with E-state index in [9.17, 15) is 19.5 Å². The number of nitrogens with zero attached hydrogens (tertiary/aromatic N) is 1. The molecule has 0 aliphatic rings. The van der Waals surface area contributed by atoms with Crippen LogP contribution in [0.15, 0.2) is 44.7 Å². The molecule has 0 amide bonds. The zero-order valence-electron chi connectivity index (χ0n) is 13.0. The first kappa shape index (κ1) is 15.0. The molecule has 3 rings (SSSR count). The lowest BCUT2D eigenvalue weighted by atomic mass is 9.97. The van der Waals surface area contributed by atoms with Crippen LogP contribution in [-0.2, 0) is 5.54 Å². The highest BCUT2D eigenvalue weighted by Gasteiger charge is 2.31. The van der Waals surface area contributed by atoms with Crippen molar-refractivity contribution in [2.24, 2.45) is 0 Å². The molecule has 0 spiro atoms. The predicted molar refractivity (Wildman–Crippen MR) is 87.5 cm³/mol. The van der Waals surface area contributed by atoms with Gasteiger partial charge in [0, 0.05) is 5.56 Å².